The lowest BCUT2D eigenvalue weighted by molar-refractivity contribution is -0.132. The summed E-state index contributed by atoms with van der Waals surface area (Å²) in [4.78, 5) is 28.3. The third-order valence-electron chi connectivity index (χ3n) is 4.63. The Hall–Kier alpha value is -2.08. The molecule has 2 unspecified atom stereocenters. The van der Waals surface area contributed by atoms with Crippen molar-refractivity contribution >= 4 is 17.5 Å². The molecule has 6 nitrogen and oxygen atoms in total. The molecule has 2 atom stereocenters. The Morgan fingerprint density at radius 2 is 2.12 bits per heavy atom. The molecule has 2 amide bonds. The van der Waals surface area contributed by atoms with Gasteiger partial charge in [-0.05, 0) is 37.5 Å². The maximum absolute atomic E-state index is 12.6. The van der Waals surface area contributed by atoms with Gasteiger partial charge < -0.3 is 15.4 Å². The van der Waals surface area contributed by atoms with Crippen molar-refractivity contribution in [2.24, 2.45) is 5.73 Å². The number of hydrogen-bond acceptors (Lipinski definition) is 4. The molecule has 2 rings (SSSR count). The molecule has 6 heteroatoms. The number of anilines is 1. The lowest BCUT2D eigenvalue weighted by Crippen LogP contribution is -2.49. The molecule has 0 saturated carbocycles. The van der Waals surface area contributed by atoms with Crippen LogP contribution in [0.25, 0.3) is 0 Å². The van der Waals surface area contributed by atoms with Crippen LogP contribution in [0.2, 0.25) is 0 Å². The van der Waals surface area contributed by atoms with E-state index in [4.69, 9.17) is 10.5 Å². The number of fused-ring (bicyclic) bond motifs is 1. The molecule has 25 heavy (non-hydrogen) atoms. The number of hydrogen-bond donors (Lipinski definition) is 1. The van der Waals surface area contributed by atoms with Gasteiger partial charge in [0, 0.05) is 19.6 Å². The van der Waals surface area contributed by atoms with Crippen LogP contribution in [0.3, 0.4) is 0 Å². The number of carbonyl (C=O) groups excluding carboxylic acids is 2. The summed E-state index contributed by atoms with van der Waals surface area (Å²) in [6.45, 7) is 6.51. The molecule has 1 aromatic rings. The van der Waals surface area contributed by atoms with Crippen molar-refractivity contribution in [2.75, 3.05) is 25.0 Å². The molecular weight excluding hydrogens is 318 g/mol. The van der Waals surface area contributed by atoms with E-state index in [0.29, 0.717) is 18.0 Å². The molecule has 0 aliphatic carbocycles. The van der Waals surface area contributed by atoms with Gasteiger partial charge in [-0.2, -0.15) is 0 Å². The first-order valence-electron chi connectivity index (χ1n) is 9.00. The van der Waals surface area contributed by atoms with E-state index in [9.17, 15) is 9.59 Å². The first-order chi connectivity index (χ1) is 11.9. The average Bonchev–Trinajstić information content (AvgIpc) is 2.62. The summed E-state index contributed by atoms with van der Waals surface area (Å²) in [6, 6.07) is 5.52. The van der Waals surface area contributed by atoms with Crippen molar-refractivity contribution in [3.63, 3.8) is 0 Å². The number of nitrogens with two attached hydrogens (primary N) is 1. The maximum Gasteiger partial charge on any atom is 0.268 e. The standard InChI is InChI=1S/C19H29N3O3/c1-5-7-10-21(4)18(23)12-22-16-11-14(15(20)6-2)8-9-17(16)25-13(3)19(22)24/h8-9,11,13,15H,5-7,10,12,20H2,1-4H3. The molecule has 0 aromatic heterocycles. The van der Waals surface area contributed by atoms with Crippen molar-refractivity contribution in [3.05, 3.63) is 23.8 Å². The van der Waals surface area contributed by atoms with E-state index < -0.39 is 6.10 Å². The van der Waals surface area contributed by atoms with Gasteiger partial charge in [-0.3, -0.25) is 14.5 Å². The summed E-state index contributed by atoms with van der Waals surface area (Å²) in [6.07, 6.45) is 2.16. The summed E-state index contributed by atoms with van der Waals surface area (Å²) >= 11 is 0. The van der Waals surface area contributed by atoms with Crippen LogP contribution < -0.4 is 15.4 Å². The van der Waals surface area contributed by atoms with E-state index in [0.717, 1.165) is 24.8 Å². The third kappa shape index (κ3) is 4.31. The van der Waals surface area contributed by atoms with Crippen molar-refractivity contribution in [3.8, 4) is 5.75 Å². The van der Waals surface area contributed by atoms with Gasteiger partial charge in [0.1, 0.15) is 12.3 Å². The monoisotopic (exact) mass is 347 g/mol. The molecule has 1 aliphatic rings. The second-order valence-corrected chi connectivity index (χ2v) is 6.60. The zero-order valence-corrected chi connectivity index (χ0v) is 15.6. The maximum atomic E-state index is 12.6. The molecular formula is C19H29N3O3. The fraction of sp³-hybridized carbons (Fsp3) is 0.579. The Kier molecular flexibility index (Phi) is 6.42. The number of amides is 2. The number of carbonyl (C=O) groups is 2. The highest BCUT2D eigenvalue weighted by Gasteiger charge is 2.33. The van der Waals surface area contributed by atoms with Crippen LogP contribution in [0.4, 0.5) is 5.69 Å². The fourth-order valence-electron chi connectivity index (χ4n) is 2.83. The number of nitrogens with zero attached hydrogens (tertiary/aromatic N) is 2. The van der Waals surface area contributed by atoms with Crippen LogP contribution in [0.1, 0.15) is 51.6 Å². The summed E-state index contributed by atoms with van der Waals surface area (Å²) in [5.74, 6) is 0.335. The summed E-state index contributed by atoms with van der Waals surface area (Å²) in [7, 11) is 1.77. The number of likely N-dealkylation sites (N-methyl/N-ethyl adjacent to an activating group) is 1. The number of unbranched alkanes of at least 4 members (excludes halogenated alkanes) is 1. The predicted octanol–water partition coefficient (Wildman–Crippen LogP) is 2.47. The van der Waals surface area contributed by atoms with E-state index in [1.165, 1.54) is 4.90 Å². The van der Waals surface area contributed by atoms with Gasteiger partial charge in [0.05, 0.1) is 5.69 Å². The Bertz CT molecular complexity index is 632. The molecule has 0 spiro atoms. The molecule has 0 saturated heterocycles. The predicted molar refractivity (Wildman–Crippen MR) is 98.6 cm³/mol. The van der Waals surface area contributed by atoms with Crippen LogP contribution in [0, 0.1) is 0 Å². The zero-order chi connectivity index (χ0) is 18.6. The second-order valence-electron chi connectivity index (χ2n) is 6.60. The van der Waals surface area contributed by atoms with Crippen molar-refractivity contribution in [1.82, 2.24) is 4.90 Å². The minimum atomic E-state index is -0.605. The quantitative estimate of drug-likeness (QED) is 0.822. The Morgan fingerprint density at radius 1 is 1.40 bits per heavy atom. The minimum absolute atomic E-state index is 0.0184. The van der Waals surface area contributed by atoms with Gasteiger partial charge >= 0.3 is 0 Å². The Morgan fingerprint density at radius 3 is 2.76 bits per heavy atom. The van der Waals surface area contributed by atoms with Crippen LogP contribution in [-0.4, -0.2) is 43.0 Å². The van der Waals surface area contributed by atoms with Crippen molar-refractivity contribution < 1.29 is 14.3 Å². The van der Waals surface area contributed by atoms with E-state index >= 15 is 0 Å². The highest BCUT2D eigenvalue weighted by molar-refractivity contribution is 6.03. The Labute approximate surface area is 149 Å². The second kappa shape index (κ2) is 8.34. The lowest BCUT2D eigenvalue weighted by atomic mass is 10.0. The normalized spacial score (nSPS) is 17.7. The molecule has 0 radical (unpaired) electrons. The minimum Gasteiger partial charge on any atom is -0.479 e. The van der Waals surface area contributed by atoms with Gasteiger partial charge in [0.25, 0.3) is 5.91 Å². The number of rotatable bonds is 7. The van der Waals surface area contributed by atoms with E-state index in [2.05, 4.69) is 6.92 Å². The smallest absolute Gasteiger partial charge is 0.268 e. The molecule has 1 heterocycles. The SMILES string of the molecule is CCCCN(C)C(=O)CN1C(=O)C(C)Oc2ccc(C(N)CC)cc21. The van der Waals surface area contributed by atoms with Crippen LogP contribution in [0.5, 0.6) is 5.75 Å². The first-order valence-corrected chi connectivity index (χ1v) is 9.00. The van der Waals surface area contributed by atoms with Crippen molar-refractivity contribution in [2.45, 2.75) is 52.2 Å². The number of benzene rings is 1. The topological polar surface area (TPSA) is 75.9 Å². The van der Waals surface area contributed by atoms with Crippen LogP contribution >= 0.6 is 0 Å². The van der Waals surface area contributed by atoms with Crippen LogP contribution in [0.15, 0.2) is 18.2 Å². The molecule has 0 bridgehead atoms. The third-order valence-corrected chi connectivity index (χ3v) is 4.63. The molecule has 2 N–H and O–H groups in total. The van der Waals surface area contributed by atoms with Crippen LogP contribution in [-0.2, 0) is 9.59 Å². The summed E-state index contributed by atoms with van der Waals surface area (Å²) in [5, 5.41) is 0. The average molecular weight is 347 g/mol. The van der Waals surface area contributed by atoms with Gasteiger partial charge in [0.2, 0.25) is 5.91 Å². The van der Waals surface area contributed by atoms with Crippen molar-refractivity contribution in [1.29, 1.82) is 0 Å². The van der Waals surface area contributed by atoms with Gasteiger partial charge in [-0.1, -0.05) is 26.3 Å². The lowest BCUT2D eigenvalue weighted by Gasteiger charge is -2.34. The van der Waals surface area contributed by atoms with Gasteiger partial charge in [0.15, 0.2) is 6.10 Å². The first kappa shape index (κ1) is 19.2. The summed E-state index contributed by atoms with van der Waals surface area (Å²) < 4.78 is 5.69. The molecule has 138 valence electrons. The van der Waals surface area contributed by atoms with Gasteiger partial charge in [-0.25, -0.2) is 0 Å². The number of ether oxygens (including phenoxy) is 1. The molecule has 0 fully saturated rings. The zero-order valence-electron chi connectivity index (χ0n) is 15.6. The van der Waals surface area contributed by atoms with E-state index in [1.54, 1.807) is 18.9 Å². The van der Waals surface area contributed by atoms with E-state index in [-0.39, 0.29) is 24.4 Å². The largest absolute Gasteiger partial charge is 0.479 e. The fourth-order valence-corrected chi connectivity index (χ4v) is 2.83. The summed E-state index contributed by atoms with van der Waals surface area (Å²) in [5.41, 5.74) is 7.68. The van der Waals surface area contributed by atoms with Gasteiger partial charge in [-0.15, -0.1) is 0 Å². The highest BCUT2D eigenvalue weighted by Crippen LogP contribution is 2.36. The Balaban J connectivity index is 2.28. The highest BCUT2D eigenvalue weighted by atomic mass is 16.5. The van der Waals surface area contributed by atoms with E-state index in [1.807, 2.05) is 25.1 Å². The molecule has 1 aliphatic heterocycles. The molecule has 1 aromatic carbocycles.